The van der Waals surface area contributed by atoms with E-state index in [-0.39, 0.29) is 0 Å². The lowest BCUT2D eigenvalue weighted by molar-refractivity contribution is -0.119. The fraction of sp³-hybridized carbons (Fsp3) is 0.125. The van der Waals surface area contributed by atoms with Crippen molar-refractivity contribution in [1.29, 1.82) is 0 Å². The van der Waals surface area contributed by atoms with Crippen LogP contribution in [0.4, 0.5) is 4.79 Å². The molecule has 2 aromatic rings. The van der Waals surface area contributed by atoms with E-state index in [4.69, 9.17) is 23.2 Å². The highest BCUT2D eigenvalue weighted by molar-refractivity contribution is 8.00. The summed E-state index contributed by atoms with van der Waals surface area (Å²) in [5.74, 6) is -0.434. The van der Waals surface area contributed by atoms with Gasteiger partial charge in [0.05, 0.1) is 5.02 Å². The normalized spacial score (nSPS) is 11.6. The first-order chi connectivity index (χ1) is 11.0. The van der Waals surface area contributed by atoms with Gasteiger partial charge in [0.15, 0.2) is 0 Å². The average Bonchev–Trinajstić information content (AvgIpc) is 2.56. The number of benzene rings is 2. The Bertz CT molecular complexity index is 710. The lowest BCUT2D eigenvalue weighted by Crippen LogP contribution is -2.39. The smallest absolute Gasteiger partial charge is 0.321 e. The van der Waals surface area contributed by atoms with Crippen LogP contribution in [0.5, 0.6) is 0 Å². The summed E-state index contributed by atoms with van der Waals surface area (Å²) in [5, 5.41) is 5.04. The van der Waals surface area contributed by atoms with Crippen LogP contribution in [-0.2, 0) is 4.79 Å². The Morgan fingerprint density at radius 2 is 1.78 bits per heavy atom. The van der Waals surface area contributed by atoms with Crippen LogP contribution in [-0.4, -0.2) is 19.0 Å². The zero-order valence-corrected chi connectivity index (χ0v) is 14.5. The Morgan fingerprint density at radius 3 is 2.43 bits per heavy atom. The van der Waals surface area contributed by atoms with Crippen LogP contribution in [0.2, 0.25) is 10.0 Å². The molecule has 0 aliphatic rings. The second-order valence-electron chi connectivity index (χ2n) is 4.55. The molecule has 2 rings (SSSR count). The van der Waals surface area contributed by atoms with Crippen molar-refractivity contribution >= 4 is 46.9 Å². The maximum absolute atomic E-state index is 12.4. The molecule has 23 heavy (non-hydrogen) atoms. The van der Waals surface area contributed by atoms with E-state index in [1.165, 1.54) is 18.8 Å². The summed E-state index contributed by atoms with van der Waals surface area (Å²) in [7, 11) is 1.45. The molecule has 7 heteroatoms. The molecule has 0 unspecified atom stereocenters. The van der Waals surface area contributed by atoms with Crippen LogP contribution in [0.1, 0.15) is 10.8 Å². The van der Waals surface area contributed by atoms with Crippen LogP contribution in [0, 0.1) is 0 Å². The SMILES string of the molecule is CNC(=O)NC(=O)[C@H](Sc1cc(Cl)ccc1Cl)c1ccccc1. The molecule has 0 spiro atoms. The minimum Gasteiger partial charge on any atom is -0.341 e. The first-order valence-electron chi connectivity index (χ1n) is 6.70. The number of urea groups is 1. The molecule has 0 aliphatic carbocycles. The molecule has 0 fully saturated rings. The van der Waals surface area contributed by atoms with Crippen LogP contribution in [0.25, 0.3) is 0 Å². The second-order valence-corrected chi connectivity index (χ2v) is 6.54. The average molecular weight is 369 g/mol. The number of nitrogens with one attached hydrogen (secondary N) is 2. The van der Waals surface area contributed by atoms with E-state index in [2.05, 4.69) is 10.6 Å². The van der Waals surface area contributed by atoms with Gasteiger partial charge in [0.2, 0.25) is 5.91 Å². The monoisotopic (exact) mass is 368 g/mol. The third-order valence-electron chi connectivity index (χ3n) is 2.94. The van der Waals surface area contributed by atoms with Crippen LogP contribution in [0.3, 0.4) is 0 Å². The lowest BCUT2D eigenvalue weighted by Gasteiger charge is -2.17. The first-order valence-corrected chi connectivity index (χ1v) is 8.34. The molecule has 0 heterocycles. The zero-order valence-electron chi connectivity index (χ0n) is 12.2. The third-order valence-corrected chi connectivity index (χ3v) is 4.93. The van der Waals surface area contributed by atoms with E-state index in [1.807, 2.05) is 30.3 Å². The van der Waals surface area contributed by atoms with E-state index in [9.17, 15) is 9.59 Å². The first kappa shape index (κ1) is 17.7. The zero-order chi connectivity index (χ0) is 16.8. The number of carbonyl (C=O) groups excluding carboxylic acids is 2. The topological polar surface area (TPSA) is 58.2 Å². The van der Waals surface area contributed by atoms with Crippen molar-refractivity contribution in [3.8, 4) is 0 Å². The van der Waals surface area contributed by atoms with Crippen molar-refractivity contribution < 1.29 is 9.59 Å². The van der Waals surface area contributed by atoms with E-state index in [1.54, 1.807) is 18.2 Å². The summed E-state index contributed by atoms with van der Waals surface area (Å²) in [6.45, 7) is 0. The summed E-state index contributed by atoms with van der Waals surface area (Å²) < 4.78 is 0. The van der Waals surface area contributed by atoms with Gasteiger partial charge in [-0.15, -0.1) is 11.8 Å². The number of carbonyl (C=O) groups is 2. The minimum atomic E-state index is -0.635. The Hall–Kier alpha value is -1.69. The van der Waals surface area contributed by atoms with Crippen molar-refractivity contribution in [2.24, 2.45) is 0 Å². The number of thioether (sulfide) groups is 1. The molecular formula is C16H14Cl2N2O2S. The molecule has 4 nitrogen and oxygen atoms in total. The fourth-order valence-electron chi connectivity index (χ4n) is 1.84. The Labute approximate surface area is 148 Å². The number of imide groups is 1. The van der Waals surface area contributed by atoms with Gasteiger partial charge in [0.25, 0.3) is 0 Å². The van der Waals surface area contributed by atoms with Gasteiger partial charge in [0, 0.05) is 17.0 Å². The largest absolute Gasteiger partial charge is 0.341 e. The summed E-state index contributed by atoms with van der Waals surface area (Å²) in [6, 6.07) is 13.6. The number of amides is 3. The minimum absolute atomic E-state index is 0.434. The van der Waals surface area contributed by atoms with Crippen molar-refractivity contribution in [2.45, 2.75) is 10.1 Å². The second kappa shape index (κ2) is 8.24. The molecule has 0 saturated heterocycles. The van der Waals surface area contributed by atoms with Gasteiger partial charge >= 0.3 is 6.03 Å². The highest BCUT2D eigenvalue weighted by atomic mass is 35.5. The van der Waals surface area contributed by atoms with Gasteiger partial charge in [-0.2, -0.15) is 0 Å². The summed E-state index contributed by atoms with van der Waals surface area (Å²) in [4.78, 5) is 24.5. The van der Waals surface area contributed by atoms with Gasteiger partial charge in [-0.3, -0.25) is 10.1 Å². The molecule has 0 aliphatic heterocycles. The molecule has 2 aromatic carbocycles. The lowest BCUT2D eigenvalue weighted by atomic mass is 10.1. The summed E-state index contributed by atoms with van der Waals surface area (Å²) in [6.07, 6.45) is 0. The van der Waals surface area contributed by atoms with Crippen LogP contribution in [0.15, 0.2) is 53.4 Å². The van der Waals surface area contributed by atoms with Gasteiger partial charge in [-0.1, -0.05) is 53.5 Å². The molecule has 0 radical (unpaired) electrons. The number of halogens is 2. The predicted molar refractivity (Wildman–Crippen MR) is 94.1 cm³/mol. The van der Waals surface area contributed by atoms with Crippen molar-refractivity contribution in [2.75, 3.05) is 7.05 Å². The maximum Gasteiger partial charge on any atom is 0.321 e. The third kappa shape index (κ3) is 4.89. The molecule has 1 atom stereocenters. The van der Waals surface area contributed by atoms with E-state index in [0.717, 1.165) is 5.56 Å². The maximum atomic E-state index is 12.4. The van der Waals surface area contributed by atoms with Crippen molar-refractivity contribution in [3.05, 3.63) is 64.1 Å². The number of rotatable bonds is 4. The van der Waals surface area contributed by atoms with Gasteiger partial charge < -0.3 is 5.32 Å². The van der Waals surface area contributed by atoms with Crippen LogP contribution < -0.4 is 10.6 Å². The number of hydrogen-bond donors (Lipinski definition) is 2. The van der Waals surface area contributed by atoms with Gasteiger partial charge in [-0.05, 0) is 23.8 Å². The van der Waals surface area contributed by atoms with E-state index >= 15 is 0 Å². The highest BCUT2D eigenvalue weighted by Crippen LogP contribution is 2.40. The molecule has 2 N–H and O–H groups in total. The van der Waals surface area contributed by atoms with Gasteiger partial charge in [-0.25, -0.2) is 4.79 Å². The molecule has 0 saturated carbocycles. The summed E-state index contributed by atoms with van der Waals surface area (Å²) >= 11 is 13.4. The standard InChI is InChI=1S/C16H14Cl2N2O2S/c1-19-16(22)20-15(21)14(10-5-3-2-4-6-10)23-13-9-11(17)7-8-12(13)18/h2-9,14H,1H3,(H2,19,20,21,22)/t14-/m1/s1. The van der Waals surface area contributed by atoms with E-state index < -0.39 is 17.2 Å². The Morgan fingerprint density at radius 1 is 1.09 bits per heavy atom. The van der Waals surface area contributed by atoms with Crippen LogP contribution >= 0.6 is 35.0 Å². The molecule has 120 valence electrons. The summed E-state index contributed by atoms with van der Waals surface area (Å²) in [5.41, 5.74) is 0.759. The predicted octanol–water partition coefficient (Wildman–Crippen LogP) is 4.28. The van der Waals surface area contributed by atoms with Crippen molar-refractivity contribution in [1.82, 2.24) is 10.6 Å². The Balaban J connectivity index is 2.32. The number of hydrogen-bond acceptors (Lipinski definition) is 3. The molecular weight excluding hydrogens is 355 g/mol. The van der Waals surface area contributed by atoms with Crippen molar-refractivity contribution in [3.63, 3.8) is 0 Å². The molecule has 0 aromatic heterocycles. The van der Waals surface area contributed by atoms with Gasteiger partial charge in [0.1, 0.15) is 5.25 Å². The molecule has 0 bridgehead atoms. The van der Waals surface area contributed by atoms with E-state index in [0.29, 0.717) is 14.9 Å². The quantitative estimate of drug-likeness (QED) is 0.791. The highest BCUT2D eigenvalue weighted by Gasteiger charge is 2.24. The fourth-order valence-corrected chi connectivity index (χ4v) is 3.41. The Kier molecular flexibility index (Phi) is 6.33. The molecule has 3 amide bonds.